The van der Waals surface area contributed by atoms with Gasteiger partial charge in [-0.1, -0.05) is 18.2 Å². The molecule has 24 heavy (non-hydrogen) atoms. The van der Waals surface area contributed by atoms with Gasteiger partial charge >= 0.3 is 0 Å². The van der Waals surface area contributed by atoms with Gasteiger partial charge in [0.25, 0.3) is 0 Å². The van der Waals surface area contributed by atoms with Crippen molar-refractivity contribution in [3.8, 4) is 0 Å². The quantitative estimate of drug-likeness (QED) is 0.732. The van der Waals surface area contributed by atoms with Crippen molar-refractivity contribution in [2.75, 3.05) is 18.5 Å². The third-order valence-corrected chi connectivity index (χ3v) is 3.83. The van der Waals surface area contributed by atoms with Crippen molar-refractivity contribution in [3.63, 3.8) is 0 Å². The maximum atomic E-state index is 14.2. The average molecular weight is 327 g/mol. The predicted molar refractivity (Wildman–Crippen MR) is 89.4 cm³/mol. The van der Waals surface area contributed by atoms with E-state index >= 15 is 0 Å². The molecule has 0 atom stereocenters. The minimum Gasteiger partial charge on any atom is -0.385 e. The summed E-state index contributed by atoms with van der Waals surface area (Å²) in [7, 11) is 0. The number of hydrogen-bond donors (Lipinski definition) is 3. The lowest BCUT2D eigenvalue weighted by molar-refractivity contribution is -0.140. The van der Waals surface area contributed by atoms with Crippen LogP contribution in [0, 0.1) is 5.41 Å². The Bertz CT molecular complexity index is 769. The van der Waals surface area contributed by atoms with Crippen molar-refractivity contribution in [3.05, 3.63) is 65.5 Å². The number of aromatic nitrogens is 2. The van der Waals surface area contributed by atoms with Crippen LogP contribution in [-0.4, -0.2) is 28.9 Å². The molecule has 4 N–H and O–H groups in total. The van der Waals surface area contributed by atoms with Gasteiger partial charge in [-0.15, -0.1) is 0 Å². The second kappa shape index (κ2) is 6.37. The summed E-state index contributed by atoms with van der Waals surface area (Å²) in [6, 6.07) is 9.44. The Balaban J connectivity index is 1.76. The van der Waals surface area contributed by atoms with Gasteiger partial charge in [0.15, 0.2) is 5.82 Å². The lowest BCUT2D eigenvalue weighted by Gasteiger charge is -2.31. The fourth-order valence-corrected chi connectivity index (χ4v) is 2.22. The van der Waals surface area contributed by atoms with E-state index in [9.17, 15) is 4.39 Å². The second-order valence-electron chi connectivity index (χ2n) is 5.66. The number of nitrogens with one attached hydrogen (secondary N) is 2. The molecular weight excluding hydrogens is 309 g/mol. The Morgan fingerprint density at radius 1 is 1.25 bits per heavy atom. The highest BCUT2D eigenvalue weighted by Gasteiger charge is 2.43. The van der Waals surface area contributed by atoms with Crippen molar-refractivity contribution >= 4 is 11.4 Å². The fourth-order valence-electron chi connectivity index (χ4n) is 2.22. The summed E-state index contributed by atoms with van der Waals surface area (Å²) >= 11 is 0. The number of anilines is 1. The molecule has 1 saturated heterocycles. The number of hydrogen-bond acceptors (Lipinski definition) is 6. The van der Waals surface area contributed by atoms with Crippen LogP contribution in [0.1, 0.15) is 18.3 Å². The zero-order chi connectivity index (χ0) is 17.2. The minimum atomic E-state index is -1.61. The largest absolute Gasteiger partial charge is 0.385 e. The van der Waals surface area contributed by atoms with E-state index in [0.29, 0.717) is 17.0 Å². The van der Waals surface area contributed by atoms with Crippen LogP contribution in [0.15, 0.2) is 54.1 Å². The van der Waals surface area contributed by atoms with Gasteiger partial charge in [-0.05, 0) is 19.1 Å². The third kappa shape index (κ3) is 3.11. The van der Waals surface area contributed by atoms with Gasteiger partial charge < -0.3 is 15.8 Å². The number of benzene rings is 1. The predicted octanol–water partition coefficient (Wildman–Crippen LogP) is 2.34. The van der Waals surface area contributed by atoms with Crippen LogP contribution in [0.4, 0.5) is 10.1 Å². The highest BCUT2D eigenvalue weighted by molar-refractivity contribution is 6.10. The summed E-state index contributed by atoms with van der Waals surface area (Å²) < 4.78 is 19.0. The number of allylic oxidation sites excluding steroid dienone is 1. The number of nitrogens with two attached hydrogens (primary N) is 1. The molecule has 0 unspecified atom stereocenters. The molecule has 1 fully saturated rings. The highest BCUT2D eigenvalue weighted by atomic mass is 19.1. The fraction of sp³-hybridized carbons (Fsp3) is 0.235. The first-order chi connectivity index (χ1) is 11.5. The van der Waals surface area contributed by atoms with E-state index in [1.807, 2.05) is 30.3 Å². The molecule has 1 aromatic carbocycles. The van der Waals surface area contributed by atoms with Gasteiger partial charge in [0, 0.05) is 29.2 Å². The molecular formula is C17H18FN5O. The molecule has 0 amide bonds. The first-order valence-corrected chi connectivity index (χ1v) is 7.46. The van der Waals surface area contributed by atoms with E-state index in [1.165, 1.54) is 12.4 Å². The van der Waals surface area contributed by atoms with Gasteiger partial charge in [-0.3, -0.25) is 5.41 Å². The molecule has 0 bridgehead atoms. The van der Waals surface area contributed by atoms with Gasteiger partial charge in [0.2, 0.25) is 5.67 Å². The monoisotopic (exact) mass is 327 g/mol. The molecule has 0 radical (unpaired) electrons. The number of alkyl halides is 1. The van der Waals surface area contributed by atoms with Crippen LogP contribution < -0.4 is 11.1 Å². The van der Waals surface area contributed by atoms with Crippen LogP contribution in [0.2, 0.25) is 0 Å². The summed E-state index contributed by atoms with van der Waals surface area (Å²) in [6.45, 7) is 1.67. The number of nitrogens with zero attached hydrogens (tertiary/aromatic N) is 2. The molecule has 0 spiro atoms. The average Bonchev–Trinajstić information content (AvgIpc) is 2.59. The molecule has 0 aliphatic carbocycles. The van der Waals surface area contributed by atoms with Crippen LogP contribution in [0.3, 0.4) is 0 Å². The maximum Gasteiger partial charge on any atom is 0.215 e. The Morgan fingerprint density at radius 2 is 1.88 bits per heavy atom. The number of ether oxygens (including phenoxy) is 1. The summed E-state index contributed by atoms with van der Waals surface area (Å²) in [5, 5.41) is 11.3. The molecule has 0 saturated carbocycles. The molecule has 2 heterocycles. The van der Waals surface area contributed by atoms with Crippen molar-refractivity contribution in [2.45, 2.75) is 12.6 Å². The van der Waals surface area contributed by atoms with E-state index in [0.717, 1.165) is 5.69 Å². The summed E-state index contributed by atoms with van der Waals surface area (Å²) in [5.41, 5.74) is 6.45. The van der Waals surface area contributed by atoms with E-state index < -0.39 is 5.67 Å². The van der Waals surface area contributed by atoms with E-state index in [1.54, 1.807) is 6.92 Å². The lowest BCUT2D eigenvalue weighted by atomic mass is 10.0. The molecule has 7 heteroatoms. The Labute approximate surface area is 139 Å². The standard InChI is InChI=1S/C17H18FN5O/c1-11(15(20)23-13-5-3-2-4-6-13)14(19)12-7-21-16(22-8-12)17(18)9-24-10-17/h2-8,19,23H,9-10,20H2,1H3/b15-11-,19-14?. The van der Waals surface area contributed by atoms with Crippen LogP contribution in [0.5, 0.6) is 0 Å². The summed E-state index contributed by atoms with van der Waals surface area (Å²) in [4.78, 5) is 8.06. The van der Waals surface area contributed by atoms with Crippen LogP contribution in [-0.2, 0) is 10.4 Å². The zero-order valence-corrected chi connectivity index (χ0v) is 13.2. The molecule has 1 aliphatic heterocycles. The first-order valence-electron chi connectivity index (χ1n) is 7.46. The molecule has 6 nitrogen and oxygen atoms in total. The van der Waals surface area contributed by atoms with Crippen molar-refractivity contribution in [2.24, 2.45) is 5.73 Å². The van der Waals surface area contributed by atoms with Crippen molar-refractivity contribution in [1.29, 1.82) is 5.41 Å². The van der Waals surface area contributed by atoms with Crippen LogP contribution in [0.25, 0.3) is 0 Å². The first kappa shape index (κ1) is 16.1. The summed E-state index contributed by atoms with van der Waals surface area (Å²) in [5.74, 6) is 0.451. The Hall–Kier alpha value is -2.80. The van der Waals surface area contributed by atoms with E-state index in [-0.39, 0.29) is 24.7 Å². The molecule has 3 rings (SSSR count). The van der Waals surface area contributed by atoms with Gasteiger partial charge in [-0.2, -0.15) is 0 Å². The SMILES string of the molecule is C/C(C(=N)c1cnc(C2(F)COC2)nc1)=C(\N)Nc1ccccc1. The smallest absolute Gasteiger partial charge is 0.215 e. The van der Waals surface area contributed by atoms with Crippen molar-refractivity contribution < 1.29 is 9.13 Å². The van der Waals surface area contributed by atoms with Gasteiger partial charge in [0.1, 0.15) is 5.82 Å². The summed E-state index contributed by atoms with van der Waals surface area (Å²) in [6.07, 6.45) is 2.87. The van der Waals surface area contributed by atoms with Crippen LogP contribution >= 0.6 is 0 Å². The number of para-hydroxylation sites is 1. The van der Waals surface area contributed by atoms with Crippen molar-refractivity contribution in [1.82, 2.24) is 9.97 Å². The number of halogens is 1. The molecule has 1 aromatic heterocycles. The molecule has 1 aliphatic rings. The topological polar surface area (TPSA) is 96.9 Å². The van der Waals surface area contributed by atoms with Gasteiger partial charge in [-0.25, -0.2) is 14.4 Å². The minimum absolute atomic E-state index is 0.0311. The maximum absolute atomic E-state index is 14.2. The van der Waals surface area contributed by atoms with Gasteiger partial charge in [0.05, 0.1) is 18.9 Å². The lowest BCUT2D eigenvalue weighted by Crippen LogP contribution is -2.44. The zero-order valence-electron chi connectivity index (χ0n) is 13.2. The second-order valence-corrected chi connectivity index (χ2v) is 5.66. The van der Waals surface area contributed by atoms with E-state index in [4.69, 9.17) is 15.9 Å². The number of rotatable bonds is 5. The molecule has 2 aromatic rings. The normalized spacial score (nSPS) is 16.8. The Kier molecular flexibility index (Phi) is 4.26. The Morgan fingerprint density at radius 3 is 2.42 bits per heavy atom. The van der Waals surface area contributed by atoms with E-state index in [2.05, 4.69) is 15.3 Å². The highest BCUT2D eigenvalue weighted by Crippen LogP contribution is 2.31. The third-order valence-electron chi connectivity index (χ3n) is 3.83. The molecule has 124 valence electrons.